The van der Waals surface area contributed by atoms with E-state index in [4.69, 9.17) is 9.47 Å². The largest absolute Gasteiger partial charge is 0.376 e. The van der Waals surface area contributed by atoms with Crippen LogP contribution in [0.1, 0.15) is 52.4 Å². The Kier molecular flexibility index (Phi) is 8.87. The number of likely N-dealkylation sites (tertiary alicyclic amines) is 2. The van der Waals surface area contributed by atoms with Crippen LogP contribution in [0.25, 0.3) is 0 Å². The molecule has 0 aromatic carbocycles. The van der Waals surface area contributed by atoms with Crippen molar-refractivity contribution in [2.45, 2.75) is 64.6 Å². The fraction of sp³-hybridized carbons (Fsp3) is 0.955. The molecule has 0 spiro atoms. The van der Waals surface area contributed by atoms with E-state index in [2.05, 4.69) is 34.0 Å². The predicted octanol–water partition coefficient (Wildman–Crippen LogP) is 2.59. The van der Waals surface area contributed by atoms with Crippen molar-refractivity contribution in [3.8, 4) is 0 Å². The van der Waals surface area contributed by atoms with Gasteiger partial charge in [0.2, 0.25) is 0 Å². The molecular formula is C22H42N4O2. The van der Waals surface area contributed by atoms with E-state index in [1.165, 1.54) is 32.4 Å². The van der Waals surface area contributed by atoms with Gasteiger partial charge in [-0.1, -0.05) is 13.8 Å². The van der Waals surface area contributed by atoms with E-state index in [0.29, 0.717) is 12.2 Å². The summed E-state index contributed by atoms with van der Waals surface area (Å²) in [5.41, 5.74) is 0. The van der Waals surface area contributed by atoms with E-state index in [9.17, 15) is 0 Å². The summed E-state index contributed by atoms with van der Waals surface area (Å²) in [6.45, 7) is 13.0. The zero-order valence-corrected chi connectivity index (χ0v) is 18.4. The van der Waals surface area contributed by atoms with Gasteiger partial charge in [0.05, 0.1) is 18.8 Å². The Labute approximate surface area is 172 Å². The van der Waals surface area contributed by atoms with Gasteiger partial charge in [-0.05, 0) is 50.4 Å². The minimum absolute atomic E-state index is 0.321. The third-order valence-corrected chi connectivity index (χ3v) is 6.40. The minimum Gasteiger partial charge on any atom is -0.376 e. The van der Waals surface area contributed by atoms with Crippen molar-refractivity contribution in [1.82, 2.24) is 15.1 Å². The number of aliphatic imine (C=N–C) groups is 1. The van der Waals surface area contributed by atoms with E-state index in [-0.39, 0.29) is 0 Å². The first kappa shape index (κ1) is 21.8. The first-order valence-corrected chi connectivity index (χ1v) is 11.5. The summed E-state index contributed by atoms with van der Waals surface area (Å²) in [6, 6.07) is 0. The van der Waals surface area contributed by atoms with Gasteiger partial charge in [0.25, 0.3) is 0 Å². The normalized spacial score (nSPS) is 31.2. The quantitative estimate of drug-likeness (QED) is 0.554. The zero-order chi connectivity index (χ0) is 19.8. The number of hydrogen-bond acceptors (Lipinski definition) is 4. The molecule has 0 bridgehead atoms. The third kappa shape index (κ3) is 6.89. The fourth-order valence-corrected chi connectivity index (χ4v) is 5.05. The van der Waals surface area contributed by atoms with Gasteiger partial charge >= 0.3 is 0 Å². The Morgan fingerprint density at radius 1 is 1.11 bits per heavy atom. The molecule has 0 aromatic rings. The average molecular weight is 395 g/mol. The molecule has 3 fully saturated rings. The van der Waals surface area contributed by atoms with Crippen LogP contribution in [0.15, 0.2) is 4.99 Å². The van der Waals surface area contributed by atoms with Crippen LogP contribution < -0.4 is 5.32 Å². The highest BCUT2D eigenvalue weighted by Crippen LogP contribution is 2.20. The first-order chi connectivity index (χ1) is 13.6. The summed E-state index contributed by atoms with van der Waals surface area (Å²) < 4.78 is 11.9. The number of guanidine groups is 1. The molecule has 3 atom stereocenters. The Morgan fingerprint density at radius 3 is 2.50 bits per heavy atom. The Balaban J connectivity index is 1.32. The lowest BCUT2D eigenvalue weighted by Crippen LogP contribution is -2.49. The molecule has 6 nitrogen and oxygen atoms in total. The van der Waals surface area contributed by atoms with Crippen LogP contribution in [0.4, 0.5) is 0 Å². The van der Waals surface area contributed by atoms with Crippen LogP contribution in [-0.4, -0.2) is 87.5 Å². The van der Waals surface area contributed by atoms with Crippen molar-refractivity contribution >= 4 is 5.96 Å². The summed E-state index contributed by atoms with van der Waals surface area (Å²) >= 11 is 0. The number of nitrogens with zero attached hydrogens (tertiary/aromatic N) is 3. The lowest BCUT2D eigenvalue weighted by molar-refractivity contribution is -0.0721. The molecule has 0 amide bonds. The van der Waals surface area contributed by atoms with Crippen molar-refractivity contribution in [3.05, 3.63) is 0 Å². The molecule has 3 unspecified atom stereocenters. The average Bonchev–Trinajstić information content (AvgIpc) is 2.70. The van der Waals surface area contributed by atoms with Crippen molar-refractivity contribution in [2.24, 2.45) is 16.8 Å². The monoisotopic (exact) mass is 394 g/mol. The van der Waals surface area contributed by atoms with Crippen LogP contribution in [0.5, 0.6) is 0 Å². The summed E-state index contributed by atoms with van der Waals surface area (Å²) in [5.74, 6) is 2.69. The van der Waals surface area contributed by atoms with Gasteiger partial charge in [0.1, 0.15) is 0 Å². The van der Waals surface area contributed by atoms with Gasteiger partial charge in [-0.25, -0.2) is 0 Å². The maximum atomic E-state index is 6.15. The van der Waals surface area contributed by atoms with Gasteiger partial charge in [-0.2, -0.15) is 0 Å². The number of hydrogen-bond donors (Lipinski definition) is 1. The molecule has 1 N–H and O–H groups in total. The molecule has 3 saturated heterocycles. The van der Waals surface area contributed by atoms with Crippen LogP contribution in [-0.2, 0) is 9.47 Å². The lowest BCUT2D eigenvalue weighted by atomic mass is 9.92. The van der Waals surface area contributed by atoms with E-state index in [0.717, 1.165) is 76.5 Å². The van der Waals surface area contributed by atoms with E-state index in [1.807, 2.05) is 7.05 Å². The highest BCUT2D eigenvalue weighted by atomic mass is 16.5. The predicted molar refractivity (Wildman–Crippen MR) is 115 cm³/mol. The molecule has 3 rings (SSSR count). The van der Waals surface area contributed by atoms with Crippen molar-refractivity contribution < 1.29 is 9.47 Å². The highest BCUT2D eigenvalue weighted by Gasteiger charge is 2.24. The summed E-state index contributed by atoms with van der Waals surface area (Å²) in [4.78, 5) is 9.51. The molecule has 6 heteroatoms. The molecule has 0 aliphatic carbocycles. The molecule has 3 aliphatic heterocycles. The van der Waals surface area contributed by atoms with Gasteiger partial charge in [-0.3, -0.25) is 4.99 Å². The molecule has 28 heavy (non-hydrogen) atoms. The number of nitrogens with one attached hydrogen (secondary N) is 1. The summed E-state index contributed by atoms with van der Waals surface area (Å²) in [6.07, 6.45) is 7.86. The zero-order valence-electron chi connectivity index (χ0n) is 18.4. The third-order valence-electron chi connectivity index (χ3n) is 6.40. The Morgan fingerprint density at radius 2 is 1.86 bits per heavy atom. The highest BCUT2D eigenvalue weighted by molar-refractivity contribution is 5.79. The standard InChI is InChI=1S/C22H42N4O2/c1-18-14-19(2)16-25(15-18)12-9-24-22(23-3)26-10-7-20(8-11-26)28-17-21-6-4-5-13-27-21/h18-21H,4-17H2,1-3H3,(H,23,24). The van der Waals surface area contributed by atoms with Crippen molar-refractivity contribution in [3.63, 3.8) is 0 Å². The summed E-state index contributed by atoms with van der Waals surface area (Å²) in [7, 11) is 1.90. The van der Waals surface area contributed by atoms with E-state index < -0.39 is 0 Å². The molecule has 0 saturated carbocycles. The Hall–Kier alpha value is -0.850. The smallest absolute Gasteiger partial charge is 0.193 e. The maximum Gasteiger partial charge on any atom is 0.193 e. The van der Waals surface area contributed by atoms with E-state index in [1.54, 1.807) is 0 Å². The fourth-order valence-electron chi connectivity index (χ4n) is 5.05. The van der Waals surface area contributed by atoms with Gasteiger partial charge in [0.15, 0.2) is 5.96 Å². The SMILES string of the molecule is CN=C(NCCN1CC(C)CC(C)C1)N1CCC(OCC2CCCCO2)CC1. The molecule has 162 valence electrons. The van der Waals surface area contributed by atoms with Gasteiger partial charge < -0.3 is 24.6 Å². The number of rotatable bonds is 6. The Bertz CT molecular complexity index is 463. The van der Waals surface area contributed by atoms with Crippen LogP contribution in [0, 0.1) is 11.8 Å². The molecule has 3 aliphatic rings. The number of ether oxygens (including phenoxy) is 2. The maximum absolute atomic E-state index is 6.15. The van der Waals surface area contributed by atoms with Crippen molar-refractivity contribution in [2.75, 3.05) is 59.5 Å². The van der Waals surface area contributed by atoms with Crippen LogP contribution in [0.3, 0.4) is 0 Å². The molecule has 3 heterocycles. The second-order valence-corrected chi connectivity index (χ2v) is 9.19. The van der Waals surface area contributed by atoms with Gasteiger partial charge in [0, 0.05) is 52.9 Å². The number of piperidine rings is 2. The van der Waals surface area contributed by atoms with Gasteiger partial charge in [-0.15, -0.1) is 0 Å². The van der Waals surface area contributed by atoms with Crippen LogP contribution in [0.2, 0.25) is 0 Å². The second kappa shape index (κ2) is 11.4. The molecule has 0 aromatic heterocycles. The first-order valence-electron chi connectivity index (χ1n) is 11.5. The molecule has 0 radical (unpaired) electrons. The minimum atomic E-state index is 0.321. The topological polar surface area (TPSA) is 49.3 Å². The second-order valence-electron chi connectivity index (χ2n) is 9.19. The lowest BCUT2D eigenvalue weighted by Gasteiger charge is -2.36. The summed E-state index contributed by atoms with van der Waals surface area (Å²) in [5, 5.41) is 3.59. The van der Waals surface area contributed by atoms with Crippen LogP contribution >= 0.6 is 0 Å². The van der Waals surface area contributed by atoms with Crippen molar-refractivity contribution in [1.29, 1.82) is 0 Å². The van der Waals surface area contributed by atoms with E-state index >= 15 is 0 Å². The molecular weight excluding hydrogens is 352 g/mol.